The Morgan fingerprint density at radius 1 is 1.10 bits per heavy atom. The van der Waals surface area contributed by atoms with Crippen LogP contribution in [0, 0.1) is 5.92 Å². The zero-order valence-corrected chi connectivity index (χ0v) is 16.2. The second kappa shape index (κ2) is 6.92. The first-order valence-electron chi connectivity index (χ1n) is 9.89. The largest absolute Gasteiger partial charge is 0.474 e. The van der Waals surface area contributed by atoms with Crippen molar-refractivity contribution in [3.63, 3.8) is 0 Å². The van der Waals surface area contributed by atoms with Crippen LogP contribution in [0.25, 0.3) is 0 Å². The number of amides is 2. The van der Waals surface area contributed by atoms with E-state index in [-0.39, 0.29) is 23.8 Å². The van der Waals surface area contributed by atoms with Gasteiger partial charge in [-0.1, -0.05) is 54.6 Å². The van der Waals surface area contributed by atoms with Crippen LogP contribution >= 0.6 is 0 Å². The number of fused-ring (bicyclic) bond motifs is 3. The fourth-order valence-electron chi connectivity index (χ4n) is 4.51. The number of benzene rings is 2. The molecule has 146 valence electrons. The highest BCUT2D eigenvalue weighted by Crippen LogP contribution is 2.44. The van der Waals surface area contributed by atoms with Crippen LogP contribution in [0.2, 0.25) is 0 Å². The number of nitrogens with zero attached hydrogens (tertiary/aromatic N) is 1. The topological polar surface area (TPSA) is 58.6 Å². The van der Waals surface area contributed by atoms with E-state index in [2.05, 4.69) is 17.4 Å². The Morgan fingerprint density at radius 2 is 1.86 bits per heavy atom. The molecule has 2 aromatic carbocycles. The standard InChI is InChI=1S/C24H22N2O3/c1-15-11-21(26(24(15)28)13-16-7-3-2-4-8-16)29-14-20-19-12-17-9-5-6-10-18(17)22(19)25-23(20)27/h2-11,14,19,21-22H,12-13H2,1H3,(H,25,27). The van der Waals surface area contributed by atoms with Crippen LogP contribution in [0.4, 0.5) is 0 Å². The summed E-state index contributed by atoms with van der Waals surface area (Å²) in [4.78, 5) is 26.8. The van der Waals surface area contributed by atoms with Crippen LogP contribution in [-0.2, 0) is 27.3 Å². The van der Waals surface area contributed by atoms with E-state index in [4.69, 9.17) is 4.74 Å². The molecule has 2 aliphatic heterocycles. The summed E-state index contributed by atoms with van der Waals surface area (Å²) in [5.74, 6) is -0.0573. The van der Waals surface area contributed by atoms with Crippen molar-refractivity contribution in [2.45, 2.75) is 32.2 Å². The number of hydrogen-bond donors (Lipinski definition) is 1. The summed E-state index contributed by atoms with van der Waals surface area (Å²) in [6, 6.07) is 18.1. The van der Waals surface area contributed by atoms with Crippen molar-refractivity contribution in [1.82, 2.24) is 10.2 Å². The molecule has 2 aromatic rings. The highest BCUT2D eigenvalue weighted by molar-refractivity contribution is 5.97. The Balaban J connectivity index is 1.36. The summed E-state index contributed by atoms with van der Waals surface area (Å²) in [6.07, 6.45) is 3.69. The molecule has 3 aliphatic rings. The summed E-state index contributed by atoms with van der Waals surface area (Å²) in [6.45, 7) is 2.26. The molecule has 3 unspecified atom stereocenters. The van der Waals surface area contributed by atoms with Gasteiger partial charge in [0.05, 0.1) is 17.9 Å². The quantitative estimate of drug-likeness (QED) is 0.648. The van der Waals surface area contributed by atoms with Crippen molar-refractivity contribution in [2.24, 2.45) is 5.92 Å². The van der Waals surface area contributed by atoms with E-state index in [1.807, 2.05) is 48.5 Å². The van der Waals surface area contributed by atoms with Crippen molar-refractivity contribution in [3.05, 3.63) is 94.8 Å². The average Bonchev–Trinajstić information content (AvgIpc) is 3.33. The lowest BCUT2D eigenvalue weighted by Crippen LogP contribution is -2.35. The van der Waals surface area contributed by atoms with E-state index in [0.29, 0.717) is 17.7 Å². The van der Waals surface area contributed by atoms with Gasteiger partial charge in [-0.05, 0) is 36.1 Å². The maximum Gasteiger partial charge on any atom is 0.252 e. The van der Waals surface area contributed by atoms with E-state index < -0.39 is 6.23 Å². The maximum absolute atomic E-state index is 12.6. The molecular weight excluding hydrogens is 364 g/mol. The molecule has 5 rings (SSSR count). The van der Waals surface area contributed by atoms with Crippen molar-refractivity contribution in [1.29, 1.82) is 0 Å². The summed E-state index contributed by atoms with van der Waals surface area (Å²) in [7, 11) is 0. The van der Waals surface area contributed by atoms with Gasteiger partial charge >= 0.3 is 0 Å². The van der Waals surface area contributed by atoms with Gasteiger partial charge in [0.15, 0.2) is 6.23 Å². The zero-order valence-electron chi connectivity index (χ0n) is 16.2. The first-order valence-corrected chi connectivity index (χ1v) is 9.89. The number of carbonyl (C=O) groups is 2. The van der Waals surface area contributed by atoms with Gasteiger partial charge in [0.2, 0.25) is 0 Å². The summed E-state index contributed by atoms with van der Waals surface area (Å²) >= 11 is 0. The molecule has 0 radical (unpaired) electrons. The third kappa shape index (κ3) is 3.03. The Labute approximate surface area is 169 Å². The van der Waals surface area contributed by atoms with Crippen LogP contribution in [0.5, 0.6) is 0 Å². The molecule has 5 nitrogen and oxygen atoms in total. The van der Waals surface area contributed by atoms with Crippen molar-refractivity contribution >= 4 is 11.8 Å². The third-order valence-electron chi connectivity index (χ3n) is 6.01. The SMILES string of the molecule is CC1=CC(OC=C2C(=O)NC3c4ccccc4CC23)N(Cc2ccccc2)C1=O. The molecule has 5 heteroatoms. The molecule has 0 saturated carbocycles. The van der Waals surface area contributed by atoms with Crippen LogP contribution in [-0.4, -0.2) is 22.9 Å². The second-order valence-corrected chi connectivity index (χ2v) is 7.83. The van der Waals surface area contributed by atoms with Gasteiger partial charge in [-0.2, -0.15) is 0 Å². The normalized spacial score (nSPS) is 26.4. The minimum atomic E-state index is -0.508. The Morgan fingerprint density at radius 3 is 2.69 bits per heavy atom. The van der Waals surface area contributed by atoms with Crippen LogP contribution < -0.4 is 5.32 Å². The van der Waals surface area contributed by atoms with Crippen molar-refractivity contribution in [3.8, 4) is 0 Å². The lowest BCUT2D eigenvalue weighted by atomic mass is 9.97. The predicted octanol–water partition coefficient (Wildman–Crippen LogP) is 3.25. The minimum Gasteiger partial charge on any atom is -0.474 e. The van der Waals surface area contributed by atoms with Crippen molar-refractivity contribution in [2.75, 3.05) is 0 Å². The van der Waals surface area contributed by atoms with Crippen LogP contribution in [0.15, 0.2) is 78.1 Å². The molecule has 0 aromatic heterocycles. The lowest BCUT2D eigenvalue weighted by molar-refractivity contribution is -0.132. The summed E-state index contributed by atoms with van der Waals surface area (Å²) in [5.41, 5.74) is 4.80. The van der Waals surface area contributed by atoms with Gasteiger partial charge in [0.25, 0.3) is 11.8 Å². The highest BCUT2D eigenvalue weighted by atomic mass is 16.5. The predicted molar refractivity (Wildman–Crippen MR) is 108 cm³/mol. The Hall–Kier alpha value is -3.34. The lowest BCUT2D eigenvalue weighted by Gasteiger charge is -2.24. The molecule has 1 N–H and O–H groups in total. The number of rotatable bonds is 4. The molecule has 1 aliphatic carbocycles. The number of ether oxygens (including phenoxy) is 1. The molecule has 29 heavy (non-hydrogen) atoms. The molecule has 1 fully saturated rings. The summed E-state index contributed by atoms with van der Waals surface area (Å²) < 4.78 is 6.00. The molecule has 2 heterocycles. The zero-order chi connectivity index (χ0) is 20.0. The van der Waals surface area contributed by atoms with Gasteiger partial charge in [0, 0.05) is 18.0 Å². The fraction of sp³-hybridized carbons (Fsp3) is 0.250. The Kier molecular flexibility index (Phi) is 4.23. The van der Waals surface area contributed by atoms with Crippen molar-refractivity contribution < 1.29 is 14.3 Å². The number of hydrogen-bond acceptors (Lipinski definition) is 3. The van der Waals surface area contributed by atoms with E-state index in [9.17, 15) is 9.59 Å². The molecule has 3 atom stereocenters. The van der Waals surface area contributed by atoms with Crippen LogP contribution in [0.3, 0.4) is 0 Å². The fourth-order valence-corrected chi connectivity index (χ4v) is 4.51. The first-order chi connectivity index (χ1) is 14.1. The van der Waals surface area contributed by atoms with Gasteiger partial charge < -0.3 is 10.1 Å². The van der Waals surface area contributed by atoms with E-state index in [1.54, 1.807) is 18.1 Å². The highest BCUT2D eigenvalue weighted by Gasteiger charge is 2.44. The smallest absolute Gasteiger partial charge is 0.252 e. The van der Waals surface area contributed by atoms with Gasteiger partial charge in [-0.15, -0.1) is 0 Å². The van der Waals surface area contributed by atoms with E-state index >= 15 is 0 Å². The number of nitrogens with one attached hydrogen (secondary N) is 1. The first kappa shape index (κ1) is 17.7. The van der Waals surface area contributed by atoms with Gasteiger partial charge in [-0.3, -0.25) is 14.5 Å². The molecule has 1 saturated heterocycles. The van der Waals surface area contributed by atoms with Gasteiger partial charge in [0.1, 0.15) is 0 Å². The average molecular weight is 386 g/mol. The Bertz CT molecular complexity index is 1040. The minimum absolute atomic E-state index is 0.0106. The molecule has 0 bridgehead atoms. The van der Waals surface area contributed by atoms with E-state index in [1.165, 1.54) is 11.1 Å². The monoisotopic (exact) mass is 386 g/mol. The molecule has 0 spiro atoms. The summed E-state index contributed by atoms with van der Waals surface area (Å²) in [5, 5.41) is 3.08. The molecular formula is C24H22N2O3. The maximum atomic E-state index is 12.6. The molecule has 2 amide bonds. The van der Waals surface area contributed by atoms with E-state index in [0.717, 1.165) is 12.0 Å². The third-order valence-corrected chi connectivity index (χ3v) is 6.01. The van der Waals surface area contributed by atoms with Gasteiger partial charge in [-0.25, -0.2) is 0 Å². The van der Waals surface area contributed by atoms with Crippen LogP contribution in [0.1, 0.15) is 29.7 Å². The number of carbonyl (C=O) groups excluding carboxylic acids is 2. The second-order valence-electron chi connectivity index (χ2n) is 7.83.